The minimum Gasteiger partial charge on any atom is -0.381 e. The number of nitrogens with one attached hydrogen (secondary N) is 1. The monoisotopic (exact) mass is 255 g/mol. The van der Waals surface area contributed by atoms with Crippen LogP contribution in [-0.2, 0) is 4.74 Å². The second-order valence-electron chi connectivity index (χ2n) is 6.13. The van der Waals surface area contributed by atoms with Crippen molar-refractivity contribution < 1.29 is 4.74 Å². The van der Waals surface area contributed by atoms with Crippen LogP contribution in [0.15, 0.2) is 0 Å². The second kappa shape index (κ2) is 9.80. The van der Waals surface area contributed by atoms with E-state index in [4.69, 9.17) is 4.74 Å². The number of hydrogen-bond acceptors (Lipinski definition) is 2. The maximum absolute atomic E-state index is 5.51. The Morgan fingerprint density at radius 1 is 1.11 bits per heavy atom. The Bertz CT molecular complexity index is 194. The van der Waals surface area contributed by atoms with E-state index in [2.05, 4.69) is 26.1 Å². The van der Waals surface area contributed by atoms with Crippen LogP contribution in [0.2, 0.25) is 0 Å². The molecule has 2 heteroatoms. The molecule has 0 spiro atoms. The molecule has 2 nitrogen and oxygen atoms in total. The second-order valence-corrected chi connectivity index (χ2v) is 6.13. The van der Waals surface area contributed by atoms with E-state index < -0.39 is 0 Å². The fourth-order valence-corrected chi connectivity index (χ4v) is 2.93. The van der Waals surface area contributed by atoms with Crippen molar-refractivity contribution in [1.82, 2.24) is 5.32 Å². The summed E-state index contributed by atoms with van der Waals surface area (Å²) in [5.41, 5.74) is 0. The van der Waals surface area contributed by atoms with Crippen molar-refractivity contribution in [2.75, 3.05) is 19.8 Å². The third kappa shape index (κ3) is 6.75. The van der Waals surface area contributed by atoms with Crippen molar-refractivity contribution in [2.45, 2.75) is 71.8 Å². The number of ether oxygens (including phenoxy) is 1. The quantitative estimate of drug-likeness (QED) is 0.523. The van der Waals surface area contributed by atoms with Gasteiger partial charge < -0.3 is 10.1 Å². The lowest BCUT2D eigenvalue weighted by Gasteiger charge is -2.19. The summed E-state index contributed by atoms with van der Waals surface area (Å²) in [6.07, 6.45) is 9.30. The fourth-order valence-electron chi connectivity index (χ4n) is 2.93. The van der Waals surface area contributed by atoms with E-state index in [1.807, 2.05) is 0 Å². The van der Waals surface area contributed by atoms with Crippen LogP contribution < -0.4 is 5.32 Å². The predicted molar refractivity (Wildman–Crippen MR) is 78.9 cm³/mol. The molecule has 1 N–H and O–H groups in total. The molecule has 2 unspecified atom stereocenters. The third-order valence-electron chi connectivity index (χ3n) is 4.20. The van der Waals surface area contributed by atoms with Crippen molar-refractivity contribution in [3.05, 3.63) is 0 Å². The first kappa shape index (κ1) is 16.0. The lowest BCUT2D eigenvalue weighted by molar-refractivity contribution is 0.131. The summed E-state index contributed by atoms with van der Waals surface area (Å²) in [7, 11) is 0. The molecule has 1 fully saturated rings. The Hall–Kier alpha value is -0.0800. The zero-order chi connectivity index (χ0) is 13.2. The summed E-state index contributed by atoms with van der Waals surface area (Å²) in [5.74, 6) is 1.83. The Labute approximate surface area is 114 Å². The highest BCUT2D eigenvalue weighted by molar-refractivity contribution is 4.76. The van der Waals surface area contributed by atoms with E-state index in [-0.39, 0.29) is 0 Å². The molecule has 18 heavy (non-hydrogen) atoms. The first-order chi connectivity index (χ1) is 8.74. The zero-order valence-electron chi connectivity index (χ0n) is 12.7. The average Bonchev–Trinajstić information content (AvgIpc) is 2.59. The standard InChI is InChI=1S/C16H33NO/c1-4-12-18-13-6-11-17-16-8-5-7-15(9-10-16)14(2)3/h14-17H,4-13H2,1-3H3. The van der Waals surface area contributed by atoms with Crippen LogP contribution in [0.4, 0.5) is 0 Å². The smallest absolute Gasteiger partial charge is 0.0478 e. The van der Waals surface area contributed by atoms with E-state index in [0.29, 0.717) is 0 Å². The van der Waals surface area contributed by atoms with Crippen LogP contribution in [0, 0.1) is 11.8 Å². The molecule has 0 aromatic rings. The molecular formula is C16H33NO. The van der Waals surface area contributed by atoms with Gasteiger partial charge in [-0.2, -0.15) is 0 Å². The van der Waals surface area contributed by atoms with Crippen LogP contribution in [-0.4, -0.2) is 25.8 Å². The summed E-state index contributed by atoms with van der Waals surface area (Å²) in [6.45, 7) is 9.88. The van der Waals surface area contributed by atoms with Crippen molar-refractivity contribution in [3.8, 4) is 0 Å². The average molecular weight is 255 g/mol. The van der Waals surface area contributed by atoms with Gasteiger partial charge in [-0.1, -0.05) is 33.6 Å². The maximum Gasteiger partial charge on any atom is 0.0478 e. The van der Waals surface area contributed by atoms with Gasteiger partial charge in [0, 0.05) is 19.3 Å². The Kier molecular flexibility index (Phi) is 8.70. The Balaban J connectivity index is 2.05. The normalized spacial score (nSPS) is 25.3. The molecule has 0 aromatic heterocycles. The third-order valence-corrected chi connectivity index (χ3v) is 4.20. The van der Waals surface area contributed by atoms with Gasteiger partial charge in [0.25, 0.3) is 0 Å². The van der Waals surface area contributed by atoms with Gasteiger partial charge in [0.1, 0.15) is 0 Å². The van der Waals surface area contributed by atoms with Gasteiger partial charge in [-0.3, -0.25) is 0 Å². The molecule has 0 amide bonds. The molecule has 1 rings (SSSR count). The molecule has 0 radical (unpaired) electrons. The highest BCUT2D eigenvalue weighted by Crippen LogP contribution is 2.28. The molecule has 108 valence electrons. The molecule has 0 heterocycles. The van der Waals surface area contributed by atoms with Crippen LogP contribution in [0.1, 0.15) is 65.7 Å². The van der Waals surface area contributed by atoms with E-state index >= 15 is 0 Å². The molecular weight excluding hydrogens is 222 g/mol. The van der Waals surface area contributed by atoms with Gasteiger partial charge in [0.2, 0.25) is 0 Å². The van der Waals surface area contributed by atoms with E-state index in [9.17, 15) is 0 Å². The van der Waals surface area contributed by atoms with Gasteiger partial charge in [0.15, 0.2) is 0 Å². The molecule has 2 atom stereocenters. The SMILES string of the molecule is CCCOCCCNC1CCCC(C(C)C)CC1. The Morgan fingerprint density at radius 3 is 2.67 bits per heavy atom. The summed E-state index contributed by atoms with van der Waals surface area (Å²) in [4.78, 5) is 0. The van der Waals surface area contributed by atoms with E-state index in [0.717, 1.165) is 50.5 Å². The van der Waals surface area contributed by atoms with E-state index in [1.54, 1.807) is 0 Å². The summed E-state index contributed by atoms with van der Waals surface area (Å²) >= 11 is 0. The van der Waals surface area contributed by atoms with Crippen molar-refractivity contribution >= 4 is 0 Å². The molecule has 0 aromatic carbocycles. The highest BCUT2D eigenvalue weighted by Gasteiger charge is 2.20. The van der Waals surface area contributed by atoms with Crippen LogP contribution >= 0.6 is 0 Å². The van der Waals surface area contributed by atoms with Gasteiger partial charge >= 0.3 is 0 Å². The predicted octanol–water partition coefficient (Wildman–Crippen LogP) is 4.00. The van der Waals surface area contributed by atoms with Crippen molar-refractivity contribution in [2.24, 2.45) is 11.8 Å². The summed E-state index contributed by atoms with van der Waals surface area (Å²) in [6, 6.07) is 0.764. The molecule has 1 aliphatic rings. The summed E-state index contributed by atoms with van der Waals surface area (Å²) < 4.78 is 5.51. The number of rotatable bonds is 8. The first-order valence-electron chi connectivity index (χ1n) is 8.05. The molecule has 0 bridgehead atoms. The van der Waals surface area contributed by atoms with Gasteiger partial charge in [0.05, 0.1) is 0 Å². The van der Waals surface area contributed by atoms with Crippen LogP contribution in [0.25, 0.3) is 0 Å². The molecule has 1 aliphatic carbocycles. The molecule has 0 saturated heterocycles. The zero-order valence-corrected chi connectivity index (χ0v) is 12.7. The van der Waals surface area contributed by atoms with Crippen LogP contribution in [0.5, 0.6) is 0 Å². The molecule has 1 saturated carbocycles. The van der Waals surface area contributed by atoms with Gasteiger partial charge in [-0.15, -0.1) is 0 Å². The van der Waals surface area contributed by atoms with Crippen LogP contribution in [0.3, 0.4) is 0 Å². The minimum atomic E-state index is 0.764. The van der Waals surface area contributed by atoms with Gasteiger partial charge in [-0.25, -0.2) is 0 Å². The minimum absolute atomic E-state index is 0.764. The largest absolute Gasteiger partial charge is 0.381 e. The maximum atomic E-state index is 5.51. The first-order valence-corrected chi connectivity index (χ1v) is 8.05. The van der Waals surface area contributed by atoms with Crippen molar-refractivity contribution in [3.63, 3.8) is 0 Å². The summed E-state index contributed by atoms with van der Waals surface area (Å²) in [5, 5.41) is 3.72. The fraction of sp³-hybridized carbons (Fsp3) is 1.00. The van der Waals surface area contributed by atoms with E-state index in [1.165, 1.54) is 32.1 Å². The highest BCUT2D eigenvalue weighted by atomic mass is 16.5. The Morgan fingerprint density at radius 2 is 1.94 bits per heavy atom. The number of hydrogen-bond donors (Lipinski definition) is 1. The lowest BCUT2D eigenvalue weighted by atomic mass is 9.89. The van der Waals surface area contributed by atoms with Crippen molar-refractivity contribution in [1.29, 1.82) is 0 Å². The molecule has 0 aliphatic heterocycles. The van der Waals surface area contributed by atoms with Gasteiger partial charge in [-0.05, 0) is 50.5 Å². The lowest BCUT2D eigenvalue weighted by Crippen LogP contribution is -2.30. The topological polar surface area (TPSA) is 21.3 Å².